The molecule has 40 heavy (non-hydrogen) atoms. The molecule has 1 unspecified atom stereocenters. The summed E-state index contributed by atoms with van der Waals surface area (Å²) < 4.78 is 29.2. The first-order valence-electron chi connectivity index (χ1n) is 13.2. The summed E-state index contributed by atoms with van der Waals surface area (Å²) in [6, 6.07) is 25.3. The van der Waals surface area contributed by atoms with Gasteiger partial charge in [-0.2, -0.15) is 0 Å². The van der Waals surface area contributed by atoms with Crippen molar-refractivity contribution in [2.24, 2.45) is 0 Å². The van der Waals surface area contributed by atoms with E-state index in [1.165, 1.54) is 14.2 Å². The summed E-state index contributed by atoms with van der Waals surface area (Å²) in [5.41, 5.74) is -0.692. The van der Waals surface area contributed by atoms with E-state index in [0.717, 1.165) is 10.4 Å². The molecule has 0 aliphatic heterocycles. The lowest BCUT2D eigenvalue weighted by Crippen LogP contribution is -2.69. The van der Waals surface area contributed by atoms with Crippen molar-refractivity contribution in [1.29, 1.82) is 0 Å². The molecule has 0 radical (unpaired) electrons. The van der Waals surface area contributed by atoms with Gasteiger partial charge in [-0.25, -0.2) is 9.59 Å². The number of hydrogen-bond acceptors (Lipinski definition) is 7. The molecule has 0 spiro atoms. The molecule has 3 aromatic carbocycles. The van der Waals surface area contributed by atoms with Crippen LogP contribution in [0.25, 0.3) is 0 Å². The van der Waals surface area contributed by atoms with E-state index in [1.807, 2.05) is 36.4 Å². The summed E-state index contributed by atoms with van der Waals surface area (Å²) in [6.45, 7) is 11.8. The molecule has 0 aliphatic carbocycles. The van der Waals surface area contributed by atoms with E-state index in [2.05, 4.69) is 45.0 Å². The normalized spacial score (nSPS) is 12.8. The van der Waals surface area contributed by atoms with Crippen molar-refractivity contribution < 1.29 is 33.0 Å². The first-order valence-corrected chi connectivity index (χ1v) is 15.1. The second-order valence-electron chi connectivity index (χ2n) is 11.5. The summed E-state index contributed by atoms with van der Waals surface area (Å²) >= 11 is 0. The second-order valence-corrected chi connectivity index (χ2v) is 15.7. The maximum atomic E-state index is 13.8. The van der Waals surface area contributed by atoms with Crippen LogP contribution in [0.15, 0.2) is 78.9 Å². The number of ether oxygens (including phenoxy) is 4. The lowest BCUT2D eigenvalue weighted by atomic mass is 10.1. The summed E-state index contributed by atoms with van der Waals surface area (Å²) in [6.07, 6.45) is -1.10. The fraction of sp³-hybridized carbons (Fsp3) is 0.375. The van der Waals surface area contributed by atoms with Crippen LogP contribution in [0.5, 0.6) is 11.5 Å². The first-order chi connectivity index (χ1) is 18.8. The second kappa shape index (κ2) is 12.7. The monoisotopic (exact) mass is 564 g/mol. The van der Waals surface area contributed by atoms with Gasteiger partial charge in [0.15, 0.2) is 0 Å². The highest BCUT2D eigenvalue weighted by Gasteiger charge is 2.52. The van der Waals surface area contributed by atoms with Crippen molar-refractivity contribution in [3.05, 3.63) is 84.4 Å². The standard InChI is InChI=1S/C32H40O7Si/c1-31(2,3)38-30(34)28-25(37-27(22-35-7)29(33)36-8)20-15-21-26(28)39-40(32(4,5)6,23-16-11-9-12-17-23)24-18-13-10-14-19-24/h9-21,27H,22H2,1-8H3. The van der Waals surface area contributed by atoms with Crippen LogP contribution in [-0.2, 0) is 19.0 Å². The van der Waals surface area contributed by atoms with Gasteiger partial charge in [0.2, 0.25) is 6.10 Å². The van der Waals surface area contributed by atoms with E-state index in [0.29, 0.717) is 5.75 Å². The largest absolute Gasteiger partial charge is 0.533 e. The third kappa shape index (κ3) is 6.92. The summed E-state index contributed by atoms with van der Waals surface area (Å²) in [7, 11) is -0.388. The fourth-order valence-corrected chi connectivity index (χ4v) is 9.06. The number of carbonyl (C=O) groups excluding carboxylic acids is 2. The highest BCUT2D eigenvalue weighted by Crippen LogP contribution is 2.40. The number of benzene rings is 3. The van der Waals surface area contributed by atoms with Gasteiger partial charge in [0.05, 0.1) is 13.7 Å². The Balaban J connectivity index is 2.30. The van der Waals surface area contributed by atoms with E-state index in [4.69, 9.17) is 23.4 Å². The molecule has 0 aromatic heterocycles. The van der Waals surface area contributed by atoms with Crippen LogP contribution in [0.4, 0.5) is 0 Å². The molecule has 0 fully saturated rings. The topological polar surface area (TPSA) is 80.3 Å². The van der Waals surface area contributed by atoms with Crippen molar-refractivity contribution in [1.82, 2.24) is 0 Å². The minimum Gasteiger partial charge on any atom is -0.533 e. The lowest BCUT2D eigenvalue weighted by molar-refractivity contribution is -0.151. The average Bonchev–Trinajstić information content (AvgIpc) is 2.90. The van der Waals surface area contributed by atoms with Crippen LogP contribution in [0.2, 0.25) is 5.04 Å². The Morgan fingerprint density at radius 2 is 1.27 bits per heavy atom. The predicted molar refractivity (Wildman–Crippen MR) is 158 cm³/mol. The van der Waals surface area contributed by atoms with Crippen LogP contribution < -0.4 is 19.5 Å². The summed E-state index contributed by atoms with van der Waals surface area (Å²) in [5, 5.41) is 1.73. The van der Waals surface area contributed by atoms with Gasteiger partial charge in [-0.05, 0) is 48.3 Å². The molecule has 0 saturated heterocycles. The summed E-state index contributed by atoms with van der Waals surface area (Å²) in [4.78, 5) is 26.2. The van der Waals surface area contributed by atoms with Crippen LogP contribution >= 0.6 is 0 Å². The van der Waals surface area contributed by atoms with Crippen molar-refractivity contribution in [2.75, 3.05) is 20.8 Å². The molecule has 0 bridgehead atoms. The van der Waals surface area contributed by atoms with Gasteiger partial charge in [-0.1, -0.05) is 87.5 Å². The Kier molecular flexibility index (Phi) is 9.81. The Morgan fingerprint density at radius 1 is 0.750 bits per heavy atom. The average molecular weight is 565 g/mol. The highest BCUT2D eigenvalue weighted by molar-refractivity contribution is 7.00. The Hall–Kier alpha value is -3.62. The van der Waals surface area contributed by atoms with Gasteiger partial charge in [0.25, 0.3) is 0 Å². The minimum absolute atomic E-state index is 0.0692. The zero-order valence-electron chi connectivity index (χ0n) is 24.6. The van der Waals surface area contributed by atoms with E-state index in [-0.39, 0.29) is 23.0 Å². The molecule has 8 heteroatoms. The maximum Gasteiger partial charge on any atom is 0.349 e. The number of carbonyl (C=O) groups is 2. The molecule has 0 saturated carbocycles. The van der Waals surface area contributed by atoms with Gasteiger partial charge in [0.1, 0.15) is 22.7 Å². The predicted octanol–water partition coefficient (Wildman–Crippen LogP) is 5.15. The quantitative estimate of drug-likeness (QED) is 0.249. The first kappa shape index (κ1) is 30.9. The third-order valence-electron chi connectivity index (χ3n) is 6.32. The van der Waals surface area contributed by atoms with E-state index in [9.17, 15) is 9.59 Å². The van der Waals surface area contributed by atoms with Crippen molar-refractivity contribution in [3.8, 4) is 11.5 Å². The molecule has 7 nitrogen and oxygen atoms in total. The SMILES string of the molecule is COCC(Oc1cccc(O[Si](c2ccccc2)(c2ccccc2)C(C)(C)C)c1C(=O)OC(C)(C)C)C(=O)OC. The van der Waals surface area contributed by atoms with Crippen LogP contribution in [0.3, 0.4) is 0 Å². The zero-order chi connectivity index (χ0) is 29.6. The van der Waals surface area contributed by atoms with Gasteiger partial charge in [0, 0.05) is 7.11 Å². The molecule has 0 amide bonds. The number of rotatable bonds is 10. The number of hydrogen-bond donors (Lipinski definition) is 0. The fourth-order valence-electron chi connectivity index (χ4n) is 4.63. The van der Waals surface area contributed by atoms with Crippen molar-refractivity contribution in [3.63, 3.8) is 0 Å². The molecular weight excluding hydrogens is 524 g/mol. The Labute approximate surface area is 238 Å². The minimum atomic E-state index is -3.11. The highest BCUT2D eigenvalue weighted by atomic mass is 28.4. The maximum absolute atomic E-state index is 13.8. The smallest absolute Gasteiger partial charge is 0.349 e. The van der Waals surface area contributed by atoms with Crippen molar-refractivity contribution in [2.45, 2.75) is 58.3 Å². The number of esters is 2. The van der Waals surface area contributed by atoms with Gasteiger partial charge in [-0.3, -0.25) is 0 Å². The molecule has 0 aliphatic rings. The molecule has 214 valence electrons. The molecule has 0 heterocycles. The molecule has 3 rings (SSSR count). The Morgan fingerprint density at radius 3 is 1.73 bits per heavy atom. The molecule has 3 aromatic rings. The van der Waals surface area contributed by atoms with E-state index >= 15 is 0 Å². The lowest BCUT2D eigenvalue weighted by Gasteiger charge is -2.43. The van der Waals surface area contributed by atoms with Crippen LogP contribution in [0.1, 0.15) is 51.9 Å². The molecule has 1 atom stereocenters. The van der Waals surface area contributed by atoms with Crippen LogP contribution in [-0.4, -0.2) is 52.8 Å². The van der Waals surface area contributed by atoms with Crippen LogP contribution in [0, 0.1) is 0 Å². The zero-order valence-corrected chi connectivity index (χ0v) is 25.6. The van der Waals surface area contributed by atoms with Gasteiger partial charge < -0.3 is 23.4 Å². The summed E-state index contributed by atoms with van der Waals surface area (Å²) in [5.74, 6) is -0.813. The Bertz CT molecular complexity index is 1240. The third-order valence-corrected chi connectivity index (χ3v) is 11.3. The number of methoxy groups -OCH3 is 2. The van der Waals surface area contributed by atoms with E-state index in [1.54, 1.807) is 39.0 Å². The molecule has 0 N–H and O–H groups in total. The van der Waals surface area contributed by atoms with Gasteiger partial charge in [-0.15, -0.1) is 0 Å². The van der Waals surface area contributed by atoms with Gasteiger partial charge >= 0.3 is 20.3 Å². The van der Waals surface area contributed by atoms with E-state index < -0.39 is 32.0 Å². The van der Waals surface area contributed by atoms with Crippen molar-refractivity contribution >= 4 is 30.6 Å². The molecular formula is C32H40O7Si.